The van der Waals surface area contributed by atoms with Crippen LogP contribution in [0.25, 0.3) is 0 Å². The molecule has 1 saturated carbocycles. The summed E-state index contributed by atoms with van der Waals surface area (Å²) in [4.78, 5) is 12.4. The van der Waals surface area contributed by atoms with Crippen LogP contribution in [-0.4, -0.2) is 10.9 Å². The van der Waals surface area contributed by atoms with E-state index in [-0.39, 0.29) is 17.2 Å². The molecule has 18 heavy (non-hydrogen) atoms. The molecule has 1 amide bonds. The minimum atomic E-state index is 0.113. The third-order valence-electron chi connectivity index (χ3n) is 3.43. The quantitative estimate of drug-likeness (QED) is 0.820. The number of benzene rings is 1. The zero-order chi connectivity index (χ0) is 13.3. The monoisotopic (exact) mass is 262 g/mol. The Hall–Kier alpha value is -1.42. The summed E-state index contributed by atoms with van der Waals surface area (Å²) in [6.07, 6.45) is 1.57. The van der Waals surface area contributed by atoms with Gasteiger partial charge in [0, 0.05) is 18.0 Å². The van der Waals surface area contributed by atoms with Gasteiger partial charge in [0.1, 0.15) is 0 Å². The summed E-state index contributed by atoms with van der Waals surface area (Å²) in [5, 5.41) is 2.94. The van der Waals surface area contributed by atoms with Crippen molar-refractivity contribution < 1.29 is 4.79 Å². The predicted molar refractivity (Wildman–Crippen MR) is 77.4 cm³/mol. The van der Waals surface area contributed by atoms with Gasteiger partial charge in [-0.15, -0.1) is 0 Å². The number of hydrogen-bond acceptors (Lipinski definition) is 2. The third kappa shape index (κ3) is 3.07. The van der Waals surface area contributed by atoms with Crippen LogP contribution in [0.1, 0.15) is 25.8 Å². The number of nitrogens with one attached hydrogen (secondary N) is 1. The molecule has 1 aromatic carbocycles. The van der Waals surface area contributed by atoms with Crippen LogP contribution in [0, 0.1) is 11.3 Å². The first-order valence-electron chi connectivity index (χ1n) is 6.06. The third-order valence-corrected chi connectivity index (χ3v) is 3.57. The second-order valence-electron chi connectivity index (χ2n) is 5.57. The van der Waals surface area contributed by atoms with Crippen LogP contribution in [0.3, 0.4) is 0 Å². The molecule has 2 rings (SSSR count). The molecule has 1 unspecified atom stereocenters. The minimum absolute atomic E-state index is 0.113. The summed E-state index contributed by atoms with van der Waals surface area (Å²) < 4.78 is 0. The average molecular weight is 262 g/mol. The maximum Gasteiger partial charge on any atom is 0.228 e. The van der Waals surface area contributed by atoms with Crippen LogP contribution >= 0.6 is 12.2 Å². The van der Waals surface area contributed by atoms with Gasteiger partial charge in [-0.25, -0.2) is 0 Å². The van der Waals surface area contributed by atoms with Crippen molar-refractivity contribution in [2.45, 2.75) is 26.7 Å². The molecular formula is C14H18N2OS. The van der Waals surface area contributed by atoms with Gasteiger partial charge in [0.15, 0.2) is 0 Å². The number of carbonyl (C=O) groups is 1. The maximum absolute atomic E-state index is 11.9. The lowest BCUT2D eigenvalue weighted by molar-refractivity contribution is -0.117. The SMILES string of the molecule is CC1(C)CC1C(=O)Nc1ccc(CC(N)=S)cc1. The summed E-state index contributed by atoms with van der Waals surface area (Å²) in [6, 6.07) is 7.65. The van der Waals surface area contributed by atoms with Crippen LogP contribution < -0.4 is 11.1 Å². The minimum Gasteiger partial charge on any atom is -0.393 e. The highest BCUT2D eigenvalue weighted by Gasteiger charge is 2.50. The lowest BCUT2D eigenvalue weighted by Gasteiger charge is -2.07. The molecule has 1 aliphatic rings. The van der Waals surface area contributed by atoms with Gasteiger partial charge in [-0.3, -0.25) is 4.79 Å². The highest BCUT2D eigenvalue weighted by molar-refractivity contribution is 7.80. The van der Waals surface area contributed by atoms with Crippen molar-refractivity contribution in [3.05, 3.63) is 29.8 Å². The molecule has 4 heteroatoms. The highest BCUT2D eigenvalue weighted by atomic mass is 32.1. The predicted octanol–water partition coefficient (Wildman–Crippen LogP) is 2.50. The molecule has 1 fully saturated rings. The van der Waals surface area contributed by atoms with E-state index in [4.69, 9.17) is 18.0 Å². The molecule has 0 saturated heterocycles. The molecule has 0 aromatic heterocycles. The Bertz CT molecular complexity index is 479. The largest absolute Gasteiger partial charge is 0.393 e. The maximum atomic E-state index is 11.9. The second-order valence-corrected chi connectivity index (χ2v) is 6.10. The number of anilines is 1. The van der Waals surface area contributed by atoms with E-state index < -0.39 is 0 Å². The fourth-order valence-corrected chi connectivity index (χ4v) is 2.22. The lowest BCUT2D eigenvalue weighted by atomic mass is 10.1. The van der Waals surface area contributed by atoms with Gasteiger partial charge in [0.25, 0.3) is 0 Å². The van der Waals surface area contributed by atoms with Crippen LogP contribution in [-0.2, 0) is 11.2 Å². The Morgan fingerprint density at radius 2 is 2.00 bits per heavy atom. The van der Waals surface area contributed by atoms with Crippen LogP contribution in [0.2, 0.25) is 0 Å². The van der Waals surface area contributed by atoms with Crippen molar-refractivity contribution >= 4 is 28.8 Å². The first kappa shape index (κ1) is 13.0. The lowest BCUT2D eigenvalue weighted by Crippen LogP contribution is -2.16. The molecule has 1 aliphatic carbocycles. The van der Waals surface area contributed by atoms with Crippen molar-refractivity contribution in [1.82, 2.24) is 0 Å². The van der Waals surface area contributed by atoms with Crippen molar-refractivity contribution in [1.29, 1.82) is 0 Å². The topological polar surface area (TPSA) is 55.1 Å². The van der Waals surface area contributed by atoms with Gasteiger partial charge in [-0.1, -0.05) is 38.2 Å². The van der Waals surface area contributed by atoms with Gasteiger partial charge < -0.3 is 11.1 Å². The van der Waals surface area contributed by atoms with Gasteiger partial charge in [0.2, 0.25) is 5.91 Å². The Balaban J connectivity index is 1.94. The Kier molecular flexibility index (Phi) is 3.39. The van der Waals surface area contributed by atoms with Gasteiger partial charge in [-0.2, -0.15) is 0 Å². The van der Waals surface area contributed by atoms with E-state index >= 15 is 0 Å². The van der Waals surface area contributed by atoms with E-state index in [0.717, 1.165) is 17.7 Å². The number of rotatable bonds is 4. The molecule has 3 N–H and O–H groups in total. The zero-order valence-corrected chi connectivity index (χ0v) is 11.5. The first-order valence-corrected chi connectivity index (χ1v) is 6.47. The molecular weight excluding hydrogens is 244 g/mol. The molecule has 3 nitrogen and oxygen atoms in total. The summed E-state index contributed by atoms with van der Waals surface area (Å²) in [6.45, 7) is 4.23. The number of thiocarbonyl (C=S) groups is 1. The Morgan fingerprint density at radius 1 is 1.44 bits per heavy atom. The summed E-state index contributed by atoms with van der Waals surface area (Å²) >= 11 is 4.86. The number of amides is 1. The van der Waals surface area contributed by atoms with Crippen molar-refractivity contribution in [2.75, 3.05) is 5.32 Å². The van der Waals surface area contributed by atoms with Crippen molar-refractivity contribution in [3.8, 4) is 0 Å². The zero-order valence-electron chi connectivity index (χ0n) is 10.7. The number of nitrogens with two attached hydrogens (primary N) is 1. The average Bonchev–Trinajstić information content (AvgIpc) is 2.90. The molecule has 0 bridgehead atoms. The fourth-order valence-electron chi connectivity index (χ4n) is 2.05. The van der Waals surface area contributed by atoms with Crippen LogP contribution in [0.4, 0.5) is 5.69 Å². The van der Waals surface area contributed by atoms with E-state index in [9.17, 15) is 4.79 Å². The van der Waals surface area contributed by atoms with E-state index in [2.05, 4.69) is 19.2 Å². The number of hydrogen-bond donors (Lipinski definition) is 2. The molecule has 1 aromatic rings. The van der Waals surface area contributed by atoms with Gasteiger partial charge >= 0.3 is 0 Å². The van der Waals surface area contributed by atoms with E-state index in [1.165, 1.54) is 0 Å². The summed E-state index contributed by atoms with van der Waals surface area (Å²) in [7, 11) is 0. The normalized spacial score (nSPS) is 20.2. The molecule has 1 atom stereocenters. The summed E-state index contributed by atoms with van der Waals surface area (Å²) in [5.41, 5.74) is 7.54. The Labute approximate surface area is 113 Å². The standard InChI is InChI=1S/C14H18N2OS/c1-14(2)8-11(14)13(17)16-10-5-3-9(4-6-10)7-12(15)18/h3-6,11H,7-8H2,1-2H3,(H2,15,18)(H,16,17). The van der Waals surface area contributed by atoms with E-state index in [1.54, 1.807) is 0 Å². The molecule has 0 spiro atoms. The van der Waals surface area contributed by atoms with Crippen molar-refractivity contribution in [3.63, 3.8) is 0 Å². The highest BCUT2D eigenvalue weighted by Crippen LogP contribution is 2.51. The fraction of sp³-hybridized carbons (Fsp3) is 0.429. The van der Waals surface area contributed by atoms with Crippen LogP contribution in [0.15, 0.2) is 24.3 Å². The van der Waals surface area contributed by atoms with Crippen molar-refractivity contribution in [2.24, 2.45) is 17.1 Å². The summed E-state index contributed by atoms with van der Waals surface area (Å²) in [5.74, 6) is 0.260. The first-order chi connectivity index (χ1) is 8.38. The van der Waals surface area contributed by atoms with E-state index in [0.29, 0.717) is 11.4 Å². The molecule has 0 heterocycles. The molecule has 96 valence electrons. The molecule has 0 aliphatic heterocycles. The Morgan fingerprint density at radius 3 is 2.44 bits per heavy atom. The molecule has 0 radical (unpaired) electrons. The second kappa shape index (κ2) is 4.69. The van der Waals surface area contributed by atoms with Gasteiger partial charge in [-0.05, 0) is 29.5 Å². The van der Waals surface area contributed by atoms with E-state index in [1.807, 2.05) is 24.3 Å². The van der Waals surface area contributed by atoms with Crippen LogP contribution in [0.5, 0.6) is 0 Å². The number of carbonyl (C=O) groups excluding carboxylic acids is 1. The van der Waals surface area contributed by atoms with Gasteiger partial charge in [0.05, 0.1) is 4.99 Å². The smallest absolute Gasteiger partial charge is 0.228 e.